The van der Waals surface area contributed by atoms with Gasteiger partial charge in [-0.2, -0.15) is 5.10 Å². The van der Waals surface area contributed by atoms with Crippen LogP contribution in [0.2, 0.25) is 0 Å². The van der Waals surface area contributed by atoms with Gasteiger partial charge in [-0.1, -0.05) is 13.3 Å². The highest BCUT2D eigenvalue weighted by Crippen LogP contribution is 2.04. The van der Waals surface area contributed by atoms with Crippen LogP contribution in [0.25, 0.3) is 0 Å². The van der Waals surface area contributed by atoms with Gasteiger partial charge in [0.25, 0.3) is 5.91 Å². The molecule has 0 aliphatic rings. The molecule has 0 saturated heterocycles. The molecule has 0 radical (unpaired) electrons. The Morgan fingerprint density at radius 1 is 1.36 bits per heavy atom. The maximum atomic E-state index is 12.0. The molecule has 0 spiro atoms. The summed E-state index contributed by atoms with van der Waals surface area (Å²) in [6.45, 7) is 3.81. The molecule has 8 nitrogen and oxygen atoms in total. The van der Waals surface area contributed by atoms with Gasteiger partial charge in [-0.3, -0.25) is 20.1 Å². The molecule has 2 N–H and O–H groups in total. The number of carbonyl (C=O) groups is 2. The Kier molecular flexibility index (Phi) is 4.82. The van der Waals surface area contributed by atoms with Crippen LogP contribution >= 0.6 is 0 Å². The first-order chi connectivity index (χ1) is 10.5. The summed E-state index contributed by atoms with van der Waals surface area (Å²) >= 11 is 0. The Morgan fingerprint density at radius 2 is 2.14 bits per heavy atom. The van der Waals surface area contributed by atoms with E-state index in [1.807, 2.05) is 6.92 Å². The van der Waals surface area contributed by atoms with Crippen LogP contribution in [0, 0.1) is 6.92 Å². The average Bonchev–Trinajstić information content (AvgIpc) is 2.78. The largest absolute Gasteiger partial charge is 0.328 e. The van der Waals surface area contributed by atoms with Gasteiger partial charge in [0.15, 0.2) is 0 Å². The molecule has 2 aromatic heterocycles. The summed E-state index contributed by atoms with van der Waals surface area (Å²) in [4.78, 5) is 31.9. The first kappa shape index (κ1) is 15.6. The van der Waals surface area contributed by atoms with Crippen molar-refractivity contribution in [3.8, 4) is 0 Å². The minimum Gasteiger partial charge on any atom is -0.276 e. The summed E-state index contributed by atoms with van der Waals surface area (Å²) < 4.78 is 1.41. The molecule has 2 aromatic rings. The van der Waals surface area contributed by atoms with Crippen molar-refractivity contribution in [1.29, 1.82) is 0 Å². The van der Waals surface area contributed by atoms with Crippen molar-refractivity contribution in [1.82, 2.24) is 25.1 Å². The molecule has 0 bridgehead atoms. The molecule has 0 atom stereocenters. The number of hydrogen-bond acceptors (Lipinski definition) is 5. The predicted octanol–water partition coefficient (Wildman–Crippen LogP) is 1.43. The first-order valence-corrected chi connectivity index (χ1v) is 6.94. The summed E-state index contributed by atoms with van der Waals surface area (Å²) in [7, 11) is 1.64. The minimum absolute atomic E-state index is 0.164. The minimum atomic E-state index is -0.683. The maximum Gasteiger partial charge on any atom is 0.328 e. The Labute approximate surface area is 128 Å². The predicted molar refractivity (Wildman–Crippen MR) is 80.5 cm³/mol. The van der Waals surface area contributed by atoms with Crippen LogP contribution in [-0.2, 0) is 13.5 Å². The summed E-state index contributed by atoms with van der Waals surface area (Å²) in [5.74, 6) is -0.372. The van der Waals surface area contributed by atoms with Gasteiger partial charge in [0.1, 0.15) is 5.69 Å². The highest BCUT2D eigenvalue weighted by Gasteiger charge is 2.15. The van der Waals surface area contributed by atoms with E-state index in [0.717, 1.165) is 18.5 Å². The summed E-state index contributed by atoms with van der Waals surface area (Å²) in [5, 5.41) is 8.72. The number of nitrogens with zero attached hydrogens (tertiary/aromatic N) is 4. The van der Waals surface area contributed by atoms with E-state index < -0.39 is 11.9 Å². The van der Waals surface area contributed by atoms with Gasteiger partial charge in [0.2, 0.25) is 5.95 Å². The van der Waals surface area contributed by atoms with Gasteiger partial charge < -0.3 is 0 Å². The highest BCUT2D eigenvalue weighted by molar-refractivity contribution is 6.06. The molecule has 3 amide bonds. The normalized spacial score (nSPS) is 10.3. The Morgan fingerprint density at radius 3 is 2.77 bits per heavy atom. The van der Waals surface area contributed by atoms with Crippen molar-refractivity contribution in [2.45, 2.75) is 26.7 Å². The highest BCUT2D eigenvalue weighted by atomic mass is 16.2. The fourth-order valence-electron chi connectivity index (χ4n) is 1.97. The lowest BCUT2D eigenvalue weighted by Crippen LogP contribution is -2.35. The lowest BCUT2D eigenvalue weighted by Gasteiger charge is -2.06. The molecule has 0 aromatic carbocycles. The first-order valence-electron chi connectivity index (χ1n) is 6.94. The molecule has 0 saturated carbocycles. The van der Waals surface area contributed by atoms with Gasteiger partial charge in [-0.05, 0) is 25.5 Å². The van der Waals surface area contributed by atoms with Gasteiger partial charge in [-0.15, -0.1) is 0 Å². The number of nitrogens with one attached hydrogen (secondary N) is 2. The number of anilines is 1. The Bertz CT molecular complexity index is 694. The lowest BCUT2D eigenvalue weighted by molar-refractivity contribution is 0.0958. The van der Waals surface area contributed by atoms with Crippen LogP contribution in [0.5, 0.6) is 0 Å². The standard InChI is InChI=1S/C14H18N6O2/c1-4-5-10-6-7-15-13(16-10)18-14(22)17-12(21)11-8-9(2)19-20(11)3/h6-8H,4-5H2,1-3H3,(H2,15,16,17,18,21,22). The number of hydrogen-bond donors (Lipinski definition) is 2. The number of amides is 3. The molecule has 2 rings (SSSR count). The molecule has 0 fully saturated rings. The Hall–Kier alpha value is -2.77. The second kappa shape index (κ2) is 6.79. The van der Waals surface area contributed by atoms with Crippen molar-refractivity contribution in [3.63, 3.8) is 0 Å². The number of rotatable bonds is 4. The zero-order valence-electron chi connectivity index (χ0n) is 12.8. The molecule has 22 heavy (non-hydrogen) atoms. The number of aromatic nitrogens is 4. The molecule has 8 heteroatoms. The van der Waals surface area contributed by atoms with Crippen LogP contribution in [0.3, 0.4) is 0 Å². The molecular weight excluding hydrogens is 284 g/mol. The topological polar surface area (TPSA) is 102 Å². The van der Waals surface area contributed by atoms with Crippen LogP contribution in [0.15, 0.2) is 18.3 Å². The van der Waals surface area contributed by atoms with E-state index in [0.29, 0.717) is 11.4 Å². The monoisotopic (exact) mass is 302 g/mol. The molecular formula is C14H18N6O2. The van der Waals surface area contributed by atoms with Crippen LogP contribution in [-0.4, -0.2) is 31.7 Å². The fourth-order valence-corrected chi connectivity index (χ4v) is 1.97. The third kappa shape index (κ3) is 3.87. The summed E-state index contributed by atoms with van der Waals surface area (Å²) in [6.07, 6.45) is 3.31. The van der Waals surface area contributed by atoms with Crippen molar-refractivity contribution in [2.24, 2.45) is 7.05 Å². The number of imide groups is 1. The smallest absolute Gasteiger partial charge is 0.276 e. The zero-order chi connectivity index (χ0) is 16.1. The van der Waals surface area contributed by atoms with Crippen LogP contribution < -0.4 is 10.6 Å². The van der Waals surface area contributed by atoms with Gasteiger partial charge >= 0.3 is 6.03 Å². The third-order valence-electron chi connectivity index (χ3n) is 2.91. The summed E-state index contributed by atoms with van der Waals surface area (Å²) in [5.41, 5.74) is 1.83. The number of aryl methyl sites for hydroxylation is 3. The van der Waals surface area contributed by atoms with E-state index in [2.05, 4.69) is 25.7 Å². The van der Waals surface area contributed by atoms with Crippen molar-refractivity contribution >= 4 is 17.9 Å². The summed E-state index contributed by atoms with van der Waals surface area (Å²) in [6, 6.07) is 2.70. The quantitative estimate of drug-likeness (QED) is 0.889. The maximum absolute atomic E-state index is 12.0. The van der Waals surface area contributed by atoms with Gasteiger partial charge in [0.05, 0.1) is 5.69 Å². The third-order valence-corrected chi connectivity index (χ3v) is 2.91. The molecule has 2 heterocycles. The van der Waals surface area contributed by atoms with E-state index in [9.17, 15) is 9.59 Å². The van der Waals surface area contributed by atoms with E-state index >= 15 is 0 Å². The van der Waals surface area contributed by atoms with Crippen LogP contribution in [0.4, 0.5) is 10.7 Å². The lowest BCUT2D eigenvalue weighted by atomic mass is 10.2. The van der Waals surface area contributed by atoms with Gasteiger partial charge in [0, 0.05) is 18.9 Å². The van der Waals surface area contributed by atoms with E-state index in [1.165, 1.54) is 4.68 Å². The molecule has 0 aliphatic heterocycles. The molecule has 0 unspecified atom stereocenters. The fraction of sp³-hybridized carbons (Fsp3) is 0.357. The van der Waals surface area contributed by atoms with Crippen molar-refractivity contribution in [3.05, 3.63) is 35.4 Å². The number of urea groups is 1. The van der Waals surface area contributed by atoms with Crippen molar-refractivity contribution in [2.75, 3.05) is 5.32 Å². The molecule has 0 aliphatic carbocycles. The second-order valence-electron chi connectivity index (χ2n) is 4.82. The van der Waals surface area contributed by atoms with E-state index in [1.54, 1.807) is 32.3 Å². The zero-order valence-corrected chi connectivity index (χ0v) is 12.8. The van der Waals surface area contributed by atoms with E-state index in [4.69, 9.17) is 0 Å². The number of carbonyl (C=O) groups excluding carboxylic acids is 2. The van der Waals surface area contributed by atoms with Gasteiger partial charge in [-0.25, -0.2) is 14.8 Å². The average molecular weight is 302 g/mol. The van der Waals surface area contributed by atoms with E-state index in [-0.39, 0.29) is 5.95 Å². The Balaban J connectivity index is 1.99. The molecule has 116 valence electrons. The second-order valence-corrected chi connectivity index (χ2v) is 4.82. The van der Waals surface area contributed by atoms with Crippen LogP contribution in [0.1, 0.15) is 35.2 Å². The van der Waals surface area contributed by atoms with Crippen molar-refractivity contribution < 1.29 is 9.59 Å². The SMILES string of the molecule is CCCc1ccnc(NC(=O)NC(=O)c2cc(C)nn2C)n1.